The molecule has 0 bridgehead atoms. The zero-order chi connectivity index (χ0) is 14.0. The first kappa shape index (κ1) is 13.0. The lowest BCUT2D eigenvalue weighted by atomic mass is 10.0. The maximum atomic E-state index is 12.6. The highest BCUT2D eigenvalue weighted by Crippen LogP contribution is 2.36. The second-order valence-corrected chi connectivity index (χ2v) is 3.72. The van der Waals surface area contributed by atoms with Crippen molar-refractivity contribution in [3.8, 4) is 11.1 Å². The number of aromatic nitrogens is 1. The fourth-order valence-electron chi connectivity index (χ4n) is 1.63. The lowest BCUT2D eigenvalue weighted by Crippen LogP contribution is -2.05. The molecule has 0 spiro atoms. The third-order valence-electron chi connectivity index (χ3n) is 2.51. The number of halogens is 3. The number of rotatable bonds is 2. The maximum Gasteiger partial charge on any atom is 0.416 e. The number of alkyl halides is 3. The number of nitrogens with zero attached hydrogens (tertiary/aromatic N) is 2. The van der Waals surface area contributed by atoms with Gasteiger partial charge in [-0.3, -0.25) is 15.1 Å². The van der Waals surface area contributed by atoms with Crippen molar-refractivity contribution in [1.29, 1.82) is 0 Å². The molecule has 0 saturated heterocycles. The summed E-state index contributed by atoms with van der Waals surface area (Å²) in [6, 6.07) is 5.17. The molecule has 19 heavy (non-hydrogen) atoms. The van der Waals surface area contributed by atoms with Crippen molar-refractivity contribution >= 4 is 5.69 Å². The van der Waals surface area contributed by atoms with Crippen LogP contribution in [0.1, 0.15) is 5.56 Å². The van der Waals surface area contributed by atoms with Gasteiger partial charge in [0.15, 0.2) is 0 Å². The van der Waals surface area contributed by atoms with Crippen LogP contribution in [0.4, 0.5) is 18.9 Å². The number of hydrogen-bond donors (Lipinski definition) is 0. The molecule has 0 atom stereocenters. The highest BCUT2D eigenvalue weighted by molar-refractivity contribution is 5.74. The highest BCUT2D eigenvalue weighted by Gasteiger charge is 2.32. The average Bonchev–Trinajstić information content (AvgIpc) is 2.38. The second kappa shape index (κ2) is 4.68. The molecule has 0 fully saturated rings. The minimum Gasteiger partial charge on any atom is -0.265 e. The molecule has 1 aromatic carbocycles. The third-order valence-corrected chi connectivity index (χ3v) is 2.51. The van der Waals surface area contributed by atoms with Gasteiger partial charge in [-0.15, -0.1) is 0 Å². The van der Waals surface area contributed by atoms with Gasteiger partial charge in [0.05, 0.1) is 16.1 Å². The van der Waals surface area contributed by atoms with E-state index in [0.29, 0.717) is 11.6 Å². The zero-order valence-electron chi connectivity index (χ0n) is 9.39. The van der Waals surface area contributed by atoms with Gasteiger partial charge in [0.25, 0.3) is 5.69 Å². The van der Waals surface area contributed by atoms with Crippen molar-refractivity contribution in [3.63, 3.8) is 0 Å². The van der Waals surface area contributed by atoms with Gasteiger partial charge in [-0.25, -0.2) is 0 Å². The molecule has 0 aliphatic carbocycles. The van der Waals surface area contributed by atoms with E-state index in [1.54, 1.807) is 0 Å². The summed E-state index contributed by atoms with van der Waals surface area (Å²) in [7, 11) is 0. The van der Waals surface area contributed by atoms with Crippen molar-refractivity contribution in [2.24, 2.45) is 0 Å². The Kier molecular flexibility index (Phi) is 3.20. The molecule has 2 rings (SSSR count). The molecular formula is C12H7F3N2O2. The molecule has 0 saturated carbocycles. The topological polar surface area (TPSA) is 56.0 Å². The van der Waals surface area contributed by atoms with E-state index >= 15 is 0 Å². The Morgan fingerprint density at radius 1 is 1.11 bits per heavy atom. The molecule has 0 amide bonds. The van der Waals surface area contributed by atoms with E-state index in [1.165, 1.54) is 24.5 Å². The summed E-state index contributed by atoms with van der Waals surface area (Å²) in [6.07, 6.45) is -1.82. The molecule has 4 nitrogen and oxygen atoms in total. The fourth-order valence-corrected chi connectivity index (χ4v) is 1.63. The lowest BCUT2D eigenvalue weighted by molar-refractivity contribution is -0.384. The molecule has 0 unspecified atom stereocenters. The zero-order valence-corrected chi connectivity index (χ0v) is 9.39. The van der Waals surface area contributed by atoms with E-state index in [4.69, 9.17) is 0 Å². The van der Waals surface area contributed by atoms with Gasteiger partial charge in [-0.2, -0.15) is 13.2 Å². The summed E-state index contributed by atoms with van der Waals surface area (Å²) < 4.78 is 37.9. The first-order valence-electron chi connectivity index (χ1n) is 5.15. The Bertz CT molecular complexity index is 612. The summed E-state index contributed by atoms with van der Waals surface area (Å²) in [5, 5.41) is 10.9. The van der Waals surface area contributed by atoms with Crippen LogP contribution < -0.4 is 0 Å². The smallest absolute Gasteiger partial charge is 0.265 e. The van der Waals surface area contributed by atoms with Gasteiger partial charge in [-0.05, 0) is 29.8 Å². The molecule has 0 N–H and O–H groups in total. The Morgan fingerprint density at radius 3 is 2.26 bits per heavy atom. The van der Waals surface area contributed by atoms with Gasteiger partial charge in [0.1, 0.15) is 0 Å². The minimum atomic E-state index is -4.54. The van der Waals surface area contributed by atoms with E-state index in [-0.39, 0.29) is 11.3 Å². The molecule has 2 aromatic rings. The van der Waals surface area contributed by atoms with E-state index in [0.717, 1.165) is 12.1 Å². The van der Waals surface area contributed by atoms with Crippen molar-refractivity contribution in [2.75, 3.05) is 0 Å². The Labute approximate surface area is 105 Å². The van der Waals surface area contributed by atoms with Crippen LogP contribution in [0, 0.1) is 10.1 Å². The van der Waals surface area contributed by atoms with Crippen molar-refractivity contribution in [1.82, 2.24) is 4.98 Å². The van der Waals surface area contributed by atoms with Crippen LogP contribution in [-0.4, -0.2) is 9.91 Å². The molecule has 1 heterocycles. The number of benzene rings is 1. The van der Waals surface area contributed by atoms with Crippen LogP contribution in [0.15, 0.2) is 42.7 Å². The standard InChI is InChI=1S/C12H7F3N2O2/c13-12(14,15)9-1-2-11(17(18)19)10(7-9)8-3-5-16-6-4-8/h1-7H. The summed E-state index contributed by atoms with van der Waals surface area (Å²) in [5.41, 5.74) is -1.07. The minimum absolute atomic E-state index is 0.0813. The maximum absolute atomic E-state index is 12.6. The lowest BCUT2D eigenvalue weighted by Gasteiger charge is -2.09. The summed E-state index contributed by atoms with van der Waals surface area (Å²) in [4.78, 5) is 13.9. The van der Waals surface area contributed by atoms with Gasteiger partial charge in [0.2, 0.25) is 0 Å². The fraction of sp³-hybridized carbons (Fsp3) is 0.0833. The molecule has 98 valence electrons. The van der Waals surface area contributed by atoms with Gasteiger partial charge < -0.3 is 0 Å². The van der Waals surface area contributed by atoms with E-state index in [2.05, 4.69) is 4.98 Å². The summed E-state index contributed by atoms with van der Waals surface area (Å²) in [5.74, 6) is 0. The second-order valence-electron chi connectivity index (χ2n) is 3.72. The number of nitro benzene ring substituents is 1. The highest BCUT2D eigenvalue weighted by atomic mass is 19.4. The predicted molar refractivity (Wildman–Crippen MR) is 61.3 cm³/mol. The third kappa shape index (κ3) is 2.70. The molecule has 1 aromatic heterocycles. The van der Waals surface area contributed by atoms with Gasteiger partial charge >= 0.3 is 6.18 Å². The van der Waals surface area contributed by atoms with Crippen LogP contribution in [0.5, 0.6) is 0 Å². The summed E-state index contributed by atoms with van der Waals surface area (Å²) >= 11 is 0. The SMILES string of the molecule is O=[N+]([O-])c1ccc(C(F)(F)F)cc1-c1ccncc1. The van der Waals surface area contributed by atoms with Crippen LogP contribution in [0.3, 0.4) is 0 Å². The number of hydrogen-bond acceptors (Lipinski definition) is 3. The van der Waals surface area contributed by atoms with E-state index in [9.17, 15) is 23.3 Å². The number of pyridine rings is 1. The van der Waals surface area contributed by atoms with Crippen LogP contribution in [0.2, 0.25) is 0 Å². The molecule has 7 heteroatoms. The Balaban J connectivity index is 2.65. The molecule has 0 radical (unpaired) electrons. The average molecular weight is 268 g/mol. The van der Waals surface area contributed by atoms with Crippen LogP contribution in [-0.2, 0) is 6.18 Å². The first-order chi connectivity index (χ1) is 8.89. The van der Waals surface area contributed by atoms with Crippen LogP contribution >= 0.6 is 0 Å². The predicted octanol–water partition coefficient (Wildman–Crippen LogP) is 3.68. The summed E-state index contributed by atoms with van der Waals surface area (Å²) in [6.45, 7) is 0. The quantitative estimate of drug-likeness (QED) is 0.616. The van der Waals surface area contributed by atoms with Crippen molar-refractivity contribution in [2.45, 2.75) is 6.18 Å². The largest absolute Gasteiger partial charge is 0.416 e. The normalized spacial score (nSPS) is 11.3. The van der Waals surface area contributed by atoms with Crippen LogP contribution in [0.25, 0.3) is 11.1 Å². The molecular weight excluding hydrogens is 261 g/mol. The first-order valence-corrected chi connectivity index (χ1v) is 5.15. The van der Waals surface area contributed by atoms with Gasteiger partial charge in [-0.1, -0.05) is 0 Å². The monoisotopic (exact) mass is 268 g/mol. The molecule has 0 aliphatic heterocycles. The number of nitro groups is 1. The molecule has 0 aliphatic rings. The van der Waals surface area contributed by atoms with E-state index in [1.807, 2.05) is 0 Å². The van der Waals surface area contributed by atoms with Crippen molar-refractivity contribution < 1.29 is 18.1 Å². The van der Waals surface area contributed by atoms with Gasteiger partial charge in [0, 0.05) is 18.5 Å². The van der Waals surface area contributed by atoms with Crippen molar-refractivity contribution in [3.05, 3.63) is 58.4 Å². The Morgan fingerprint density at radius 2 is 1.74 bits per heavy atom. The Hall–Kier alpha value is -2.44. The van der Waals surface area contributed by atoms with E-state index < -0.39 is 16.7 Å².